The lowest BCUT2D eigenvalue weighted by molar-refractivity contribution is 0.0144. The molecule has 10 nitrogen and oxygen atoms in total. The van der Waals surface area contributed by atoms with Crippen molar-refractivity contribution in [3.63, 3.8) is 0 Å². The second kappa shape index (κ2) is 12.7. The number of carbonyl (C=O) groups excluding carboxylic acids is 1. The molecule has 3 aliphatic rings. The number of hydrogen-bond acceptors (Lipinski definition) is 9. The van der Waals surface area contributed by atoms with Gasteiger partial charge in [-0.2, -0.15) is 15.2 Å². The number of benzene rings is 2. The van der Waals surface area contributed by atoms with Gasteiger partial charge in [0.25, 0.3) is 0 Å². The Labute approximate surface area is 263 Å². The first-order chi connectivity index (χ1) is 21.2. The van der Waals surface area contributed by atoms with Crippen LogP contribution in [-0.2, 0) is 17.7 Å². The summed E-state index contributed by atoms with van der Waals surface area (Å²) in [6, 6.07) is 14.9. The molecule has 11 heteroatoms. The molecule has 0 aliphatic carbocycles. The maximum absolute atomic E-state index is 13.0. The first kappa shape index (κ1) is 30.2. The number of piperazine rings is 1. The van der Waals surface area contributed by atoms with E-state index in [-0.39, 0.29) is 24.6 Å². The van der Waals surface area contributed by atoms with Crippen LogP contribution in [0.5, 0.6) is 6.01 Å². The summed E-state index contributed by atoms with van der Waals surface area (Å²) in [5.41, 5.74) is 2.47. The number of ether oxygens (including phenoxy) is 2. The van der Waals surface area contributed by atoms with Crippen LogP contribution in [0.4, 0.5) is 16.3 Å². The molecule has 2 saturated heterocycles. The van der Waals surface area contributed by atoms with E-state index in [1.807, 2.05) is 32.9 Å². The van der Waals surface area contributed by atoms with E-state index in [2.05, 4.69) is 45.5 Å². The molecule has 44 heavy (non-hydrogen) atoms. The Kier molecular flexibility index (Phi) is 8.70. The molecule has 0 saturated carbocycles. The minimum atomic E-state index is -0.613. The summed E-state index contributed by atoms with van der Waals surface area (Å²) >= 11 is 6.70. The summed E-state index contributed by atoms with van der Waals surface area (Å²) in [5, 5.41) is 16.0. The standard InChI is InChI=1S/C33H40ClN7O3/c1-33(2,3)44-32(42)41-18-17-40(19-24(41)12-14-35)30-25-13-16-39(28-11-5-8-22-7-4-10-26(34)29(22)28)20-27(25)37-31(38-30)43-21-23-9-6-15-36-23/h4-5,7-8,10-11,23-24,36H,6,9,12-13,15-21H2,1-3H3/t23-,24-/m0/s1. The predicted molar refractivity (Wildman–Crippen MR) is 171 cm³/mol. The van der Waals surface area contributed by atoms with E-state index in [1.54, 1.807) is 4.90 Å². The van der Waals surface area contributed by atoms with Gasteiger partial charge < -0.3 is 29.5 Å². The van der Waals surface area contributed by atoms with Crippen molar-refractivity contribution in [2.45, 2.75) is 70.7 Å². The number of aromatic nitrogens is 2. The highest BCUT2D eigenvalue weighted by Crippen LogP contribution is 2.37. The lowest BCUT2D eigenvalue weighted by Gasteiger charge is -2.42. The molecule has 3 aromatic rings. The molecule has 232 valence electrons. The van der Waals surface area contributed by atoms with E-state index in [4.69, 9.17) is 31.0 Å². The molecule has 0 spiro atoms. The summed E-state index contributed by atoms with van der Waals surface area (Å²) in [5.74, 6) is 0.826. The molecule has 1 amide bonds. The highest BCUT2D eigenvalue weighted by atomic mass is 35.5. The van der Waals surface area contributed by atoms with Crippen LogP contribution in [0.25, 0.3) is 10.8 Å². The Balaban J connectivity index is 1.31. The molecule has 0 radical (unpaired) electrons. The third kappa shape index (κ3) is 6.49. The van der Waals surface area contributed by atoms with Crippen LogP contribution in [0, 0.1) is 11.3 Å². The number of hydrogen-bond donors (Lipinski definition) is 1. The van der Waals surface area contributed by atoms with Crippen molar-refractivity contribution in [2.75, 3.05) is 49.1 Å². The van der Waals surface area contributed by atoms with Crippen LogP contribution in [0.15, 0.2) is 36.4 Å². The highest BCUT2D eigenvalue weighted by Gasteiger charge is 2.36. The van der Waals surface area contributed by atoms with Crippen molar-refractivity contribution in [2.24, 2.45) is 0 Å². The Morgan fingerprint density at radius 3 is 2.70 bits per heavy atom. The van der Waals surface area contributed by atoms with Crippen molar-refractivity contribution in [3.8, 4) is 12.1 Å². The van der Waals surface area contributed by atoms with Gasteiger partial charge in [-0.1, -0.05) is 35.9 Å². The van der Waals surface area contributed by atoms with E-state index in [9.17, 15) is 10.1 Å². The normalized spacial score (nSPS) is 20.4. The number of nitriles is 1. The molecule has 2 aromatic carbocycles. The van der Waals surface area contributed by atoms with Crippen molar-refractivity contribution in [1.29, 1.82) is 5.26 Å². The van der Waals surface area contributed by atoms with Crippen molar-refractivity contribution >= 4 is 40.0 Å². The number of anilines is 2. The molecule has 0 bridgehead atoms. The number of rotatable bonds is 6. The summed E-state index contributed by atoms with van der Waals surface area (Å²) in [7, 11) is 0. The molecular weight excluding hydrogens is 578 g/mol. The zero-order valence-electron chi connectivity index (χ0n) is 25.7. The smallest absolute Gasteiger partial charge is 0.410 e. The van der Waals surface area contributed by atoms with Gasteiger partial charge in [0.2, 0.25) is 0 Å². The van der Waals surface area contributed by atoms with E-state index >= 15 is 0 Å². The van der Waals surface area contributed by atoms with Crippen molar-refractivity contribution in [3.05, 3.63) is 52.7 Å². The Morgan fingerprint density at radius 1 is 1.14 bits per heavy atom. The van der Waals surface area contributed by atoms with E-state index in [1.165, 1.54) is 0 Å². The number of amides is 1. The van der Waals surface area contributed by atoms with Gasteiger partial charge in [-0.3, -0.25) is 0 Å². The molecule has 4 heterocycles. The monoisotopic (exact) mass is 617 g/mol. The maximum atomic E-state index is 13.0. The van der Waals surface area contributed by atoms with E-state index < -0.39 is 5.60 Å². The number of carbonyl (C=O) groups is 1. The summed E-state index contributed by atoms with van der Waals surface area (Å²) in [6.07, 6.45) is 2.76. The number of halogens is 1. The second-order valence-corrected chi connectivity index (χ2v) is 13.2. The first-order valence-corrected chi connectivity index (χ1v) is 15.9. The fraction of sp³-hybridized carbons (Fsp3) is 0.515. The van der Waals surface area contributed by atoms with Gasteiger partial charge in [0.1, 0.15) is 18.0 Å². The Morgan fingerprint density at radius 2 is 1.95 bits per heavy atom. The second-order valence-electron chi connectivity index (χ2n) is 12.8. The van der Waals surface area contributed by atoms with E-state index in [0.717, 1.165) is 70.9 Å². The minimum absolute atomic E-state index is 0.204. The first-order valence-electron chi connectivity index (χ1n) is 15.5. The van der Waals surface area contributed by atoms with Gasteiger partial charge in [-0.05, 0) is 64.1 Å². The lowest BCUT2D eigenvalue weighted by atomic mass is 10.0. The largest absolute Gasteiger partial charge is 0.462 e. The van der Waals surface area contributed by atoms with Gasteiger partial charge in [-0.15, -0.1) is 0 Å². The van der Waals surface area contributed by atoms with Crippen LogP contribution in [0.1, 0.15) is 51.3 Å². The Hall–Kier alpha value is -3.81. The van der Waals surface area contributed by atoms with Crippen molar-refractivity contribution < 1.29 is 14.3 Å². The van der Waals surface area contributed by atoms with Crippen LogP contribution < -0.4 is 19.9 Å². The lowest BCUT2D eigenvalue weighted by Crippen LogP contribution is -2.56. The zero-order chi connectivity index (χ0) is 30.8. The van der Waals surface area contributed by atoms with Crippen LogP contribution in [0.3, 0.4) is 0 Å². The van der Waals surface area contributed by atoms with E-state index in [0.29, 0.717) is 38.8 Å². The molecule has 3 aliphatic heterocycles. The quantitative estimate of drug-likeness (QED) is 0.393. The third-order valence-corrected chi connectivity index (χ3v) is 8.82. The zero-order valence-corrected chi connectivity index (χ0v) is 26.4. The average Bonchev–Trinajstić information content (AvgIpc) is 3.52. The maximum Gasteiger partial charge on any atom is 0.410 e. The minimum Gasteiger partial charge on any atom is -0.462 e. The van der Waals surface area contributed by atoms with Crippen LogP contribution in [0.2, 0.25) is 5.02 Å². The van der Waals surface area contributed by atoms with Gasteiger partial charge >= 0.3 is 12.1 Å². The van der Waals surface area contributed by atoms with Gasteiger partial charge in [0.05, 0.1) is 35.8 Å². The Bertz CT molecular complexity index is 1560. The molecular formula is C33H40ClN7O3. The molecule has 1 N–H and O–H groups in total. The van der Waals surface area contributed by atoms with Crippen molar-refractivity contribution in [1.82, 2.24) is 20.2 Å². The molecule has 2 fully saturated rings. The molecule has 1 aromatic heterocycles. The highest BCUT2D eigenvalue weighted by molar-refractivity contribution is 6.36. The van der Waals surface area contributed by atoms with Gasteiger partial charge in [0, 0.05) is 48.9 Å². The topological polar surface area (TPSA) is 107 Å². The fourth-order valence-corrected chi connectivity index (χ4v) is 6.70. The van der Waals surface area contributed by atoms with Crippen LogP contribution in [-0.4, -0.2) is 78.0 Å². The molecule has 2 atom stereocenters. The number of fused-ring (bicyclic) bond motifs is 2. The summed E-state index contributed by atoms with van der Waals surface area (Å²) in [4.78, 5) is 29.2. The third-order valence-electron chi connectivity index (χ3n) is 8.51. The van der Waals surface area contributed by atoms with Gasteiger partial charge in [-0.25, -0.2) is 4.79 Å². The average molecular weight is 618 g/mol. The molecule has 0 unspecified atom stereocenters. The number of nitrogens with zero attached hydrogens (tertiary/aromatic N) is 6. The molecule has 6 rings (SSSR count). The summed E-state index contributed by atoms with van der Waals surface area (Å²) in [6.45, 7) is 9.90. The van der Waals surface area contributed by atoms with Gasteiger partial charge in [0.15, 0.2) is 0 Å². The SMILES string of the molecule is CC(C)(C)OC(=O)N1CCN(c2nc(OC[C@@H]3CCCN3)nc3c2CCN(c2cccc4cccc(Cl)c24)C3)C[C@@H]1CC#N. The number of nitrogens with one attached hydrogen (secondary N) is 1. The predicted octanol–water partition coefficient (Wildman–Crippen LogP) is 5.32. The fourth-order valence-electron chi connectivity index (χ4n) is 6.42. The van der Waals surface area contributed by atoms with Crippen LogP contribution >= 0.6 is 11.6 Å². The summed E-state index contributed by atoms with van der Waals surface area (Å²) < 4.78 is 11.9.